The summed E-state index contributed by atoms with van der Waals surface area (Å²) in [7, 11) is -1.33. The molecule has 1 amide bonds. The van der Waals surface area contributed by atoms with Crippen LogP contribution in [0.5, 0.6) is 0 Å². The van der Waals surface area contributed by atoms with Crippen molar-refractivity contribution in [1.82, 2.24) is 5.32 Å². The summed E-state index contributed by atoms with van der Waals surface area (Å²) in [5, 5.41) is 5.29. The van der Waals surface area contributed by atoms with E-state index in [1.165, 1.54) is 17.5 Å². The second kappa shape index (κ2) is 13.8. The molecule has 0 heterocycles. The van der Waals surface area contributed by atoms with Gasteiger partial charge in [0.25, 0.3) is 8.32 Å². The summed E-state index contributed by atoms with van der Waals surface area (Å²) in [5.41, 5.74) is -0.589. The van der Waals surface area contributed by atoms with Crippen LogP contribution in [-0.2, 0) is 18.7 Å². The molecular weight excluding hydrogens is 482 g/mol. The molecule has 0 aliphatic heterocycles. The number of carbonyl (C=O) groups is 2. The number of methoxy groups -OCH3 is 1. The van der Waals surface area contributed by atoms with E-state index in [9.17, 15) is 9.59 Å². The third-order valence-electron chi connectivity index (χ3n) is 6.30. The van der Waals surface area contributed by atoms with Crippen LogP contribution in [0.1, 0.15) is 73.6 Å². The van der Waals surface area contributed by atoms with E-state index in [4.69, 9.17) is 13.9 Å². The molecule has 2 aromatic carbocycles. The quantitative estimate of drug-likeness (QED) is 0.222. The molecule has 0 saturated carbocycles. The lowest BCUT2D eigenvalue weighted by atomic mass is 10.1. The number of rotatable bonds is 12. The molecule has 2 aromatic rings. The minimum Gasteiger partial charge on any atom is -0.469 e. The zero-order chi connectivity index (χ0) is 27.5. The fourth-order valence-electron chi connectivity index (χ4n) is 4.60. The van der Waals surface area contributed by atoms with E-state index in [0.717, 1.165) is 25.7 Å². The van der Waals surface area contributed by atoms with Gasteiger partial charge < -0.3 is 19.2 Å². The van der Waals surface area contributed by atoms with E-state index in [2.05, 4.69) is 74.6 Å². The Labute approximate surface area is 224 Å². The number of benzene rings is 2. The molecule has 0 aromatic heterocycles. The Hall–Kier alpha value is -2.64. The van der Waals surface area contributed by atoms with Gasteiger partial charge in [0.2, 0.25) is 0 Å². The van der Waals surface area contributed by atoms with Crippen LogP contribution in [0.3, 0.4) is 0 Å². The second-order valence-corrected chi connectivity index (χ2v) is 15.8. The minimum atomic E-state index is -2.74. The first-order chi connectivity index (χ1) is 17.4. The van der Waals surface area contributed by atoms with Crippen molar-refractivity contribution in [2.75, 3.05) is 13.7 Å². The number of hydrogen-bond donors (Lipinski definition) is 1. The van der Waals surface area contributed by atoms with Gasteiger partial charge in [-0.2, -0.15) is 0 Å². The zero-order valence-electron chi connectivity index (χ0n) is 23.6. The van der Waals surface area contributed by atoms with Gasteiger partial charge >= 0.3 is 12.1 Å². The van der Waals surface area contributed by atoms with Crippen LogP contribution < -0.4 is 15.7 Å². The Morgan fingerprint density at radius 1 is 0.838 bits per heavy atom. The Balaban J connectivity index is 2.30. The van der Waals surface area contributed by atoms with Crippen LogP contribution in [-0.4, -0.2) is 45.7 Å². The minimum absolute atomic E-state index is 0.160. The number of amides is 1. The Bertz CT molecular complexity index is 927. The summed E-state index contributed by atoms with van der Waals surface area (Å²) in [5.74, 6) is -0.196. The maximum absolute atomic E-state index is 12.7. The van der Waals surface area contributed by atoms with Gasteiger partial charge in [-0.05, 0) is 49.0 Å². The molecule has 37 heavy (non-hydrogen) atoms. The molecule has 0 aliphatic rings. The maximum Gasteiger partial charge on any atom is 0.407 e. The van der Waals surface area contributed by atoms with E-state index < -0.39 is 20.0 Å². The molecule has 204 valence electrons. The molecule has 1 unspecified atom stereocenters. The Morgan fingerprint density at radius 2 is 1.38 bits per heavy atom. The van der Waals surface area contributed by atoms with Crippen molar-refractivity contribution in [2.24, 2.45) is 0 Å². The number of alkyl carbamates (subject to hydrolysis) is 1. The van der Waals surface area contributed by atoms with Crippen LogP contribution in [0, 0.1) is 0 Å². The van der Waals surface area contributed by atoms with Crippen LogP contribution in [0.2, 0.25) is 5.04 Å². The summed E-state index contributed by atoms with van der Waals surface area (Å²) in [4.78, 5) is 24.2. The highest BCUT2D eigenvalue weighted by Crippen LogP contribution is 2.37. The van der Waals surface area contributed by atoms with Crippen LogP contribution in [0.15, 0.2) is 60.7 Å². The van der Waals surface area contributed by atoms with Gasteiger partial charge in [0.1, 0.15) is 5.60 Å². The van der Waals surface area contributed by atoms with Crippen molar-refractivity contribution in [3.8, 4) is 0 Å². The first-order valence-electron chi connectivity index (χ1n) is 13.2. The molecular formula is C30H45NO5Si. The average Bonchev–Trinajstić information content (AvgIpc) is 2.83. The van der Waals surface area contributed by atoms with Gasteiger partial charge in [0.15, 0.2) is 0 Å². The van der Waals surface area contributed by atoms with Gasteiger partial charge in [-0.25, -0.2) is 4.79 Å². The second-order valence-electron chi connectivity index (χ2n) is 11.5. The highest BCUT2D eigenvalue weighted by Gasteiger charge is 2.50. The molecule has 1 atom stereocenters. The highest BCUT2D eigenvalue weighted by atomic mass is 28.4. The Kier molecular flexibility index (Phi) is 11.4. The number of carbonyl (C=O) groups excluding carboxylic acids is 2. The largest absolute Gasteiger partial charge is 0.469 e. The number of ether oxygens (including phenoxy) is 2. The summed E-state index contributed by atoms with van der Waals surface area (Å²) in [6, 6.07) is 20.7. The fourth-order valence-corrected chi connectivity index (χ4v) is 9.20. The third-order valence-corrected chi connectivity index (χ3v) is 11.3. The van der Waals surface area contributed by atoms with Gasteiger partial charge in [-0.15, -0.1) is 0 Å². The van der Waals surface area contributed by atoms with Crippen molar-refractivity contribution in [3.63, 3.8) is 0 Å². The standard InChI is InChI=1S/C30H45NO5Si/c1-29(2,3)36-28(33)31-24(17-11-8-16-22-27(32)34-7)23-35-37(30(4,5)6,25-18-12-9-13-19-25)26-20-14-10-15-21-26/h9-10,12-15,18-21,24H,8,11,16-17,22-23H2,1-7H3,(H,31,33). The fraction of sp³-hybridized carbons (Fsp3) is 0.533. The number of hydrogen-bond acceptors (Lipinski definition) is 5. The maximum atomic E-state index is 12.7. The topological polar surface area (TPSA) is 73.9 Å². The molecule has 0 bridgehead atoms. The molecule has 0 fully saturated rings. The third kappa shape index (κ3) is 9.31. The van der Waals surface area contributed by atoms with Crippen LogP contribution in [0.25, 0.3) is 0 Å². The molecule has 1 N–H and O–H groups in total. The molecule has 6 nitrogen and oxygen atoms in total. The first-order valence-corrected chi connectivity index (χ1v) is 15.1. The zero-order valence-corrected chi connectivity index (χ0v) is 24.6. The summed E-state index contributed by atoms with van der Waals surface area (Å²) < 4.78 is 17.4. The van der Waals surface area contributed by atoms with Crippen LogP contribution >= 0.6 is 0 Å². The molecule has 0 spiro atoms. The number of nitrogens with one attached hydrogen (secondary N) is 1. The lowest BCUT2D eigenvalue weighted by Crippen LogP contribution is -2.67. The van der Waals surface area contributed by atoms with Gasteiger partial charge in [-0.3, -0.25) is 4.79 Å². The van der Waals surface area contributed by atoms with E-state index in [-0.39, 0.29) is 17.0 Å². The monoisotopic (exact) mass is 527 g/mol. The molecule has 2 rings (SSSR count). The van der Waals surface area contributed by atoms with E-state index in [1.807, 2.05) is 32.9 Å². The van der Waals surface area contributed by atoms with E-state index in [0.29, 0.717) is 13.0 Å². The van der Waals surface area contributed by atoms with Crippen molar-refractivity contribution in [3.05, 3.63) is 60.7 Å². The van der Waals surface area contributed by atoms with Crippen molar-refractivity contribution in [1.29, 1.82) is 0 Å². The number of unbranched alkanes of at least 4 members (excludes halogenated alkanes) is 2. The predicted octanol–water partition coefficient (Wildman–Crippen LogP) is 5.58. The van der Waals surface area contributed by atoms with Gasteiger partial charge in [0, 0.05) is 6.42 Å². The van der Waals surface area contributed by atoms with Crippen molar-refractivity contribution >= 4 is 30.8 Å². The summed E-state index contributed by atoms with van der Waals surface area (Å²) in [6.45, 7) is 12.6. The van der Waals surface area contributed by atoms with E-state index >= 15 is 0 Å². The smallest absolute Gasteiger partial charge is 0.407 e. The lowest BCUT2D eigenvalue weighted by Gasteiger charge is -2.43. The molecule has 0 radical (unpaired) electrons. The first kappa shape index (κ1) is 30.6. The lowest BCUT2D eigenvalue weighted by molar-refractivity contribution is -0.140. The highest BCUT2D eigenvalue weighted by molar-refractivity contribution is 6.99. The normalized spacial score (nSPS) is 13.1. The van der Waals surface area contributed by atoms with E-state index in [1.54, 1.807) is 0 Å². The van der Waals surface area contributed by atoms with Crippen molar-refractivity contribution < 1.29 is 23.5 Å². The van der Waals surface area contributed by atoms with Crippen molar-refractivity contribution in [2.45, 2.75) is 90.3 Å². The number of esters is 1. The molecule has 0 saturated heterocycles. The molecule has 7 heteroatoms. The summed E-state index contributed by atoms with van der Waals surface area (Å²) in [6.07, 6.45) is 3.14. The van der Waals surface area contributed by atoms with Gasteiger partial charge in [-0.1, -0.05) is 94.3 Å². The average molecular weight is 528 g/mol. The van der Waals surface area contributed by atoms with Gasteiger partial charge in [0.05, 0.1) is 19.8 Å². The SMILES string of the molecule is COC(=O)CCCCCC(CO[Si](c1ccccc1)(c1ccccc1)C(C)(C)C)NC(=O)OC(C)(C)C. The predicted molar refractivity (Wildman–Crippen MR) is 152 cm³/mol. The summed E-state index contributed by atoms with van der Waals surface area (Å²) >= 11 is 0. The van der Waals surface area contributed by atoms with Crippen LogP contribution in [0.4, 0.5) is 4.79 Å². The molecule has 0 aliphatic carbocycles. The Morgan fingerprint density at radius 3 is 1.84 bits per heavy atom.